The first-order chi connectivity index (χ1) is 15.1. The van der Waals surface area contributed by atoms with Gasteiger partial charge in [-0.25, -0.2) is 13.8 Å². The number of hydrogen-bond donors (Lipinski definition) is 1. The van der Waals surface area contributed by atoms with Gasteiger partial charge in [0.2, 0.25) is 5.89 Å². The summed E-state index contributed by atoms with van der Waals surface area (Å²) in [7, 11) is 1.78. The molecule has 9 heteroatoms. The Kier molecular flexibility index (Phi) is 8.43. The molecule has 0 saturated carbocycles. The normalized spacial score (nSPS) is 14.3. The van der Waals surface area contributed by atoms with Crippen LogP contribution in [0, 0.1) is 11.6 Å². The van der Waals surface area contributed by atoms with Crippen molar-refractivity contribution in [2.24, 2.45) is 4.99 Å². The van der Waals surface area contributed by atoms with E-state index in [0.29, 0.717) is 18.9 Å². The van der Waals surface area contributed by atoms with Gasteiger partial charge in [0.1, 0.15) is 17.9 Å². The minimum absolute atomic E-state index is 0. The smallest absolute Gasteiger partial charge is 0.226 e. The number of nitrogens with zero attached hydrogens (tertiary/aromatic N) is 4. The van der Waals surface area contributed by atoms with Crippen molar-refractivity contribution in [1.29, 1.82) is 0 Å². The fourth-order valence-corrected chi connectivity index (χ4v) is 3.61. The molecule has 1 N–H and O–H groups in total. The lowest BCUT2D eigenvalue weighted by Crippen LogP contribution is -2.52. The van der Waals surface area contributed by atoms with Crippen molar-refractivity contribution in [2.45, 2.75) is 6.42 Å². The molecule has 2 heterocycles. The number of halogens is 3. The summed E-state index contributed by atoms with van der Waals surface area (Å²) in [5, 5.41) is 3.38. The molecule has 0 unspecified atom stereocenters. The second-order valence-corrected chi connectivity index (χ2v) is 7.33. The zero-order chi connectivity index (χ0) is 21.6. The number of benzene rings is 2. The lowest BCUT2D eigenvalue weighted by Gasteiger charge is -2.37. The van der Waals surface area contributed by atoms with Crippen molar-refractivity contribution in [3.05, 3.63) is 72.1 Å². The molecular weight excluding hydrogens is 527 g/mol. The minimum atomic E-state index is -0.287. The van der Waals surface area contributed by atoms with Crippen LogP contribution < -0.4 is 10.2 Å². The Bertz CT molecular complexity index is 1020. The van der Waals surface area contributed by atoms with E-state index in [-0.39, 0.29) is 35.6 Å². The lowest BCUT2D eigenvalue weighted by atomic mass is 10.2. The Balaban J connectivity index is 0.00000289. The van der Waals surface area contributed by atoms with Crippen molar-refractivity contribution >= 4 is 35.6 Å². The van der Waals surface area contributed by atoms with Gasteiger partial charge in [-0.3, -0.25) is 4.99 Å². The summed E-state index contributed by atoms with van der Waals surface area (Å²) in [6.07, 6.45) is 2.31. The zero-order valence-electron chi connectivity index (χ0n) is 17.8. The van der Waals surface area contributed by atoms with Crippen LogP contribution >= 0.6 is 24.0 Å². The fraction of sp³-hybridized carbons (Fsp3) is 0.304. The molecule has 3 aromatic rings. The number of guanidine groups is 1. The van der Waals surface area contributed by atoms with Crippen LogP contribution in [0.15, 0.2) is 64.2 Å². The second-order valence-electron chi connectivity index (χ2n) is 7.33. The molecule has 1 saturated heterocycles. The number of piperazine rings is 1. The highest BCUT2D eigenvalue weighted by Gasteiger charge is 2.20. The predicted molar refractivity (Wildman–Crippen MR) is 133 cm³/mol. The monoisotopic (exact) mass is 553 g/mol. The third kappa shape index (κ3) is 5.96. The Morgan fingerprint density at radius 1 is 1.00 bits per heavy atom. The van der Waals surface area contributed by atoms with Gasteiger partial charge in [0.25, 0.3) is 0 Å². The van der Waals surface area contributed by atoms with E-state index >= 15 is 0 Å². The highest BCUT2D eigenvalue weighted by molar-refractivity contribution is 14.0. The van der Waals surface area contributed by atoms with Crippen LogP contribution in [0.1, 0.15) is 5.69 Å². The third-order valence-electron chi connectivity index (χ3n) is 5.29. The Morgan fingerprint density at radius 2 is 1.62 bits per heavy atom. The van der Waals surface area contributed by atoms with E-state index in [9.17, 15) is 8.78 Å². The van der Waals surface area contributed by atoms with Gasteiger partial charge in [0, 0.05) is 57.4 Å². The molecule has 0 radical (unpaired) electrons. The number of nitrogens with one attached hydrogen (secondary N) is 1. The highest BCUT2D eigenvalue weighted by Crippen LogP contribution is 2.19. The summed E-state index contributed by atoms with van der Waals surface area (Å²) in [6.45, 7) is 4.01. The molecule has 2 aromatic carbocycles. The predicted octanol–water partition coefficient (Wildman–Crippen LogP) is 4.18. The van der Waals surface area contributed by atoms with Crippen LogP contribution in [0.2, 0.25) is 0 Å². The molecule has 1 aromatic heterocycles. The first-order valence-corrected chi connectivity index (χ1v) is 10.3. The summed E-state index contributed by atoms with van der Waals surface area (Å²) in [4.78, 5) is 13.3. The molecule has 0 aliphatic carbocycles. The van der Waals surface area contributed by atoms with Gasteiger partial charge in [0.05, 0.1) is 5.69 Å². The van der Waals surface area contributed by atoms with Crippen LogP contribution in [0.4, 0.5) is 14.5 Å². The van der Waals surface area contributed by atoms with Gasteiger partial charge in [0.15, 0.2) is 5.96 Å². The summed E-state index contributed by atoms with van der Waals surface area (Å²) in [5.74, 6) is 0.825. The summed E-state index contributed by atoms with van der Waals surface area (Å²) in [5.41, 5.74) is 2.60. The van der Waals surface area contributed by atoms with Crippen molar-refractivity contribution in [3.63, 3.8) is 0 Å². The van der Waals surface area contributed by atoms with E-state index in [1.165, 1.54) is 24.3 Å². The van der Waals surface area contributed by atoms with Crippen LogP contribution in [0.5, 0.6) is 0 Å². The first kappa shape index (κ1) is 24.0. The number of oxazole rings is 1. The quantitative estimate of drug-likeness (QED) is 0.292. The Morgan fingerprint density at radius 3 is 2.25 bits per heavy atom. The number of anilines is 1. The molecular formula is C23H26F2IN5O. The molecule has 4 rings (SSSR count). The molecule has 170 valence electrons. The SMILES string of the molecule is CN=C(NCCc1coc(-c2ccc(F)cc2)n1)N1CCN(c2ccc(F)cc2)CC1.I. The van der Waals surface area contributed by atoms with Gasteiger partial charge >= 0.3 is 0 Å². The van der Waals surface area contributed by atoms with Gasteiger partial charge in [-0.05, 0) is 48.5 Å². The Labute approximate surface area is 203 Å². The summed E-state index contributed by atoms with van der Waals surface area (Å²) >= 11 is 0. The minimum Gasteiger partial charge on any atom is -0.444 e. The maximum absolute atomic E-state index is 13.1. The molecule has 0 amide bonds. The summed E-state index contributed by atoms with van der Waals surface area (Å²) in [6, 6.07) is 12.7. The molecule has 0 bridgehead atoms. The van der Waals surface area contributed by atoms with Crippen molar-refractivity contribution in [3.8, 4) is 11.5 Å². The van der Waals surface area contributed by atoms with E-state index in [2.05, 4.69) is 25.1 Å². The second kappa shape index (κ2) is 11.3. The average Bonchev–Trinajstić information content (AvgIpc) is 3.27. The topological polar surface area (TPSA) is 56.9 Å². The van der Waals surface area contributed by atoms with Crippen LogP contribution in [0.3, 0.4) is 0 Å². The maximum atomic E-state index is 13.1. The lowest BCUT2D eigenvalue weighted by molar-refractivity contribution is 0.373. The van der Waals surface area contributed by atoms with Crippen molar-refractivity contribution in [2.75, 3.05) is 44.7 Å². The molecule has 6 nitrogen and oxygen atoms in total. The third-order valence-corrected chi connectivity index (χ3v) is 5.29. The van der Waals surface area contributed by atoms with E-state index in [4.69, 9.17) is 4.42 Å². The molecule has 0 atom stereocenters. The van der Waals surface area contributed by atoms with Gasteiger partial charge in [-0.15, -0.1) is 24.0 Å². The van der Waals surface area contributed by atoms with E-state index < -0.39 is 0 Å². The molecule has 1 aliphatic heterocycles. The Hall–Kier alpha value is -2.69. The van der Waals surface area contributed by atoms with Crippen molar-refractivity contribution < 1.29 is 13.2 Å². The van der Waals surface area contributed by atoms with Gasteiger partial charge < -0.3 is 19.5 Å². The molecule has 1 aliphatic rings. The van der Waals surface area contributed by atoms with E-state index in [1.807, 2.05) is 12.1 Å². The van der Waals surface area contributed by atoms with Crippen LogP contribution in [-0.2, 0) is 6.42 Å². The fourth-order valence-electron chi connectivity index (χ4n) is 3.61. The zero-order valence-corrected chi connectivity index (χ0v) is 20.1. The molecule has 1 fully saturated rings. The van der Waals surface area contributed by atoms with Gasteiger partial charge in [-0.2, -0.15) is 0 Å². The van der Waals surface area contributed by atoms with Gasteiger partial charge in [-0.1, -0.05) is 0 Å². The number of hydrogen-bond acceptors (Lipinski definition) is 4. The first-order valence-electron chi connectivity index (χ1n) is 10.3. The molecule has 32 heavy (non-hydrogen) atoms. The standard InChI is InChI=1S/C23H25F2N5O.HI/c1-26-23(30-14-12-29(13-15-30)21-8-6-19(25)7-9-21)27-11-10-20-16-31-22(28-20)17-2-4-18(24)5-3-17;/h2-9,16H,10-15H2,1H3,(H,26,27);1H. The average molecular weight is 553 g/mol. The largest absolute Gasteiger partial charge is 0.444 e. The van der Waals surface area contributed by atoms with Crippen LogP contribution in [0.25, 0.3) is 11.5 Å². The van der Waals surface area contributed by atoms with Crippen LogP contribution in [-0.4, -0.2) is 55.6 Å². The number of rotatable bonds is 5. The summed E-state index contributed by atoms with van der Waals surface area (Å²) < 4.78 is 31.7. The van der Waals surface area contributed by atoms with Crippen molar-refractivity contribution in [1.82, 2.24) is 15.2 Å². The van der Waals surface area contributed by atoms with E-state index in [0.717, 1.165) is 49.1 Å². The maximum Gasteiger partial charge on any atom is 0.226 e. The van der Waals surface area contributed by atoms with E-state index in [1.54, 1.807) is 25.4 Å². The molecule has 0 spiro atoms. The number of aliphatic imine (C=N–C) groups is 1. The highest BCUT2D eigenvalue weighted by atomic mass is 127. The number of aromatic nitrogens is 1.